The Morgan fingerprint density at radius 1 is 1.21 bits per heavy atom. The molecule has 3 rings (SSSR count). The third-order valence-corrected chi connectivity index (χ3v) is 4.67. The first kappa shape index (κ1) is 20.9. The van der Waals surface area contributed by atoms with E-state index >= 15 is 0 Å². The maximum absolute atomic E-state index is 5.45. The number of nitrogens with zero attached hydrogens (tertiary/aromatic N) is 4. The summed E-state index contributed by atoms with van der Waals surface area (Å²) < 4.78 is 18.2. The number of aliphatic imine (C=N–C) groups is 1. The lowest BCUT2D eigenvalue weighted by Gasteiger charge is -2.13. The van der Waals surface area contributed by atoms with Crippen LogP contribution in [0.5, 0.6) is 11.5 Å². The Balaban J connectivity index is 1.53. The fourth-order valence-electron chi connectivity index (χ4n) is 2.86. The lowest BCUT2D eigenvalue weighted by molar-refractivity contribution is 0.145. The molecule has 2 aromatic rings. The summed E-state index contributed by atoms with van der Waals surface area (Å²) in [6.45, 7) is 7.68. The second-order valence-corrected chi connectivity index (χ2v) is 6.73. The largest absolute Gasteiger partial charge is 0.454 e. The number of benzene rings is 1. The minimum Gasteiger partial charge on any atom is -0.454 e. The average Bonchev–Trinajstić information content (AvgIpc) is 3.32. The van der Waals surface area contributed by atoms with Gasteiger partial charge in [-0.1, -0.05) is 6.07 Å². The van der Waals surface area contributed by atoms with Gasteiger partial charge in [0, 0.05) is 33.4 Å². The molecule has 29 heavy (non-hydrogen) atoms. The van der Waals surface area contributed by atoms with Crippen LogP contribution in [-0.2, 0) is 24.8 Å². The normalized spacial score (nSPS) is 13.0. The molecular weight excluding hydrogens is 372 g/mol. The van der Waals surface area contributed by atoms with Gasteiger partial charge in [0.25, 0.3) is 0 Å². The number of hydrogen-bond donors (Lipinski definition) is 2. The van der Waals surface area contributed by atoms with Crippen LogP contribution in [0.1, 0.15) is 30.6 Å². The topological polar surface area (TPSA) is 94.8 Å². The van der Waals surface area contributed by atoms with Crippen LogP contribution in [0.2, 0.25) is 0 Å². The van der Waals surface area contributed by atoms with Crippen molar-refractivity contribution in [3.05, 3.63) is 35.4 Å². The Bertz CT molecular complexity index is 821. The van der Waals surface area contributed by atoms with Crippen LogP contribution < -0.4 is 20.1 Å². The molecule has 0 saturated carbocycles. The van der Waals surface area contributed by atoms with Crippen LogP contribution in [0, 0.1) is 6.92 Å². The molecule has 9 nitrogen and oxygen atoms in total. The molecule has 0 bridgehead atoms. The zero-order valence-electron chi connectivity index (χ0n) is 17.4. The molecule has 2 heterocycles. The average molecular weight is 402 g/mol. The smallest absolute Gasteiger partial charge is 0.231 e. The highest BCUT2D eigenvalue weighted by atomic mass is 16.7. The predicted octanol–water partition coefficient (Wildman–Crippen LogP) is 1.56. The molecule has 1 aliphatic heterocycles. The number of aromatic nitrogens is 3. The van der Waals surface area contributed by atoms with Crippen molar-refractivity contribution in [3.8, 4) is 11.5 Å². The van der Waals surface area contributed by atoms with E-state index in [4.69, 9.17) is 14.2 Å². The van der Waals surface area contributed by atoms with Gasteiger partial charge in [-0.15, -0.1) is 10.2 Å². The van der Waals surface area contributed by atoms with Gasteiger partial charge in [0.15, 0.2) is 23.3 Å². The van der Waals surface area contributed by atoms with Crippen LogP contribution in [0.4, 0.5) is 0 Å². The number of aryl methyl sites for hydroxylation is 1. The lowest BCUT2D eigenvalue weighted by Crippen LogP contribution is -2.39. The molecule has 158 valence electrons. The van der Waals surface area contributed by atoms with Crippen molar-refractivity contribution in [2.24, 2.45) is 12.0 Å². The van der Waals surface area contributed by atoms with Gasteiger partial charge in [0.05, 0.1) is 0 Å². The molecular formula is C20H30N6O3. The molecule has 0 fully saturated rings. The van der Waals surface area contributed by atoms with E-state index in [0.29, 0.717) is 13.3 Å². The van der Waals surface area contributed by atoms with Gasteiger partial charge >= 0.3 is 0 Å². The SMILES string of the molecule is CCOCCCNC(=NCc1nnc(C)n1C)NCCc1ccc2c(c1)OCO2. The summed E-state index contributed by atoms with van der Waals surface area (Å²) in [6, 6.07) is 6.04. The van der Waals surface area contributed by atoms with Gasteiger partial charge in [0.2, 0.25) is 6.79 Å². The number of guanidine groups is 1. The molecule has 0 spiro atoms. The standard InChI is InChI=1S/C20H30N6O3/c1-4-27-11-5-9-21-20(23-13-19-25-24-15(2)26(19)3)22-10-8-16-6-7-17-18(12-16)29-14-28-17/h6-7,12H,4-5,8-11,13-14H2,1-3H3,(H2,21,22,23). The molecule has 2 N–H and O–H groups in total. The Labute approximate surface area is 171 Å². The molecule has 9 heteroatoms. The van der Waals surface area contributed by atoms with Gasteiger partial charge in [-0.3, -0.25) is 0 Å². The maximum Gasteiger partial charge on any atom is 0.231 e. The van der Waals surface area contributed by atoms with E-state index in [1.807, 2.05) is 37.6 Å². The van der Waals surface area contributed by atoms with E-state index < -0.39 is 0 Å². The van der Waals surface area contributed by atoms with E-state index in [-0.39, 0.29) is 0 Å². The van der Waals surface area contributed by atoms with E-state index in [9.17, 15) is 0 Å². The first-order valence-corrected chi connectivity index (χ1v) is 10.0. The minimum absolute atomic E-state index is 0.293. The first-order chi connectivity index (χ1) is 14.2. The van der Waals surface area contributed by atoms with Crippen LogP contribution in [0.25, 0.3) is 0 Å². The van der Waals surface area contributed by atoms with Crippen molar-refractivity contribution >= 4 is 5.96 Å². The van der Waals surface area contributed by atoms with Crippen molar-refractivity contribution in [3.63, 3.8) is 0 Å². The molecule has 1 aromatic heterocycles. The van der Waals surface area contributed by atoms with Crippen LogP contribution in [0.15, 0.2) is 23.2 Å². The Kier molecular flexibility index (Phi) is 7.69. The summed E-state index contributed by atoms with van der Waals surface area (Å²) in [5, 5.41) is 15.0. The summed E-state index contributed by atoms with van der Waals surface area (Å²) in [6.07, 6.45) is 1.76. The molecule has 0 saturated heterocycles. The van der Waals surface area contributed by atoms with E-state index in [2.05, 4.69) is 31.9 Å². The highest BCUT2D eigenvalue weighted by Crippen LogP contribution is 2.32. The van der Waals surface area contributed by atoms with Gasteiger partial charge in [0.1, 0.15) is 12.4 Å². The monoisotopic (exact) mass is 402 g/mol. The predicted molar refractivity (Wildman–Crippen MR) is 110 cm³/mol. The maximum atomic E-state index is 5.45. The number of fused-ring (bicyclic) bond motifs is 1. The number of ether oxygens (including phenoxy) is 3. The quantitative estimate of drug-likeness (QED) is 0.354. The Morgan fingerprint density at radius 3 is 2.83 bits per heavy atom. The number of hydrogen-bond acceptors (Lipinski definition) is 6. The zero-order chi connectivity index (χ0) is 20.5. The van der Waals surface area contributed by atoms with Crippen LogP contribution in [-0.4, -0.2) is 53.8 Å². The molecule has 0 amide bonds. The third kappa shape index (κ3) is 6.08. The number of nitrogens with one attached hydrogen (secondary N) is 2. The molecule has 0 unspecified atom stereocenters. The second-order valence-electron chi connectivity index (χ2n) is 6.73. The fraction of sp³-hybridized carbons (Fsp3) is 0.550. The van der Waals surface area contributed by atoms with Gasteiger partial charge in [-0.05, 0) is 44.4 Å². The summed E-state index contributed by atoms with van der Waals surface area (Å²) in [7, 11) is 1.95. The second kappa shape index (κ2) is 10.7. The van der Waals surface area contributed by atoms with E-state index in [1.165, 1.54) is 5.56 Å². The van der Waals surface area contributed by atoms with Crippen molar-refractivity contribution in [2.45, 2.75) is 33.2 Å². The molecule has 0 aliphatic carbocycles. The highest BCUT2D eigenvalue weighted by molar-refractivity contribution is 5.79. The van der Waals surface area contributed by atoms with Gasteiger partial charge < -0.3 is 29.4 Å². The fourth-order valence-corrected chi connectivity index (χ4v) is 2.86. The van der Waals surface area contributed by atoms with E-state index in [1.54, 1.807) is 0 Å². The van der Waals surface area contributed by atoms with Crippen LogP contribution >= 0.6 is 0 Å². The summed E-state index contributed by atoms with van der Waals surface area (Å²) in [5.74, 6) is 4.07. The molecule has 0 radical (unpaired) electrons. The van der Waals surface area contributed by atoms with E-state index in [0.717, 1.165) is 68.3 Å². The lowest BCUT2D eigenvalue weighted by atomic mass is 10.1. The summed E-state index contributed by atoms with van der Waals surface area (Å²) >= 11 is 0. The van der Waals surface area contributed by atoms with Crippen molar-refractivity contribution in [1.29, 1.82) is 0 Å². The minimum atomic E-state index is 0.293. The Morgan fingerprint density at radius 2 is 2.03 bits per heavy atom. The van der Waals surface area contributed by atoms with Crippen molar-refractivity contribution < 1.29 is 14.2 Å². The zero-order valence-corrected chi connectivity index (χ0v) is 17.4. The van der Waals surface area contributed by atoms with Crippen molar-refractivity contribution in [1.82, 2.24) is 25.4 Å². The van der Waals surface area contributed by atoms with Gasteiger partial charge in [-0.25, -0.2) is 4.99 Å². The van der Waals surface area contributed by atoms with Gasteiger partial charge in [-0.2, -0.15) is 0 Å². The summed E-state index contributed by atoms with van der Waals surface area (Å²) in [5.41, 5.74) is 1.18. The number of rotatable bonds is 10. The first-order valence-electron chi connectivity index (χ1n) is 10.0. The van der Waals surface area contributed by atoms with Crippen LogP contribution in [0.3, 0.4) is 0 Å². The highest BCUT2D eigenvalue weighted by Gasteiger charge is 2.13. The Hall–Kier alpha value is -2.81. The van der Waals surface area contributed by atoms with Crippen molar-refractivity contribution in [2.75, 3.05) is 33.1 Å². The molecule has 0 atom stereocenters. The molecule has 1 aromatic carbocycles. The summed E-state index contributed by atoms with van der Waals surface area (Å²) in [4.78, 5) is 4.66. The third-order valence-electron chi connectivity index (χ3n) is 4.67. The molecule has 1 aliphatic rings.